The van der Waals surface area contributed by atoms with Crippen LogP contribution in [0.15, 0.2) is 84.9 Å². The predicted octanol–water partition coefficient (Wildman–Crippen LogP) is 4.17. The van der Waals surface area contributed by atoms with Crippen molar-refractivity contribution < 1.29 is 41.1 Å². The number of carbonyl (C=O) groups is 3. The van der Waals surface area contributed by atoms with Crippen LogP contribution in [0.3, 0.4) is 0 Å². The van der Waals surface area contributed by atoms with E-state index in [-0.39, 0.29) is 24.3 Å². The van der Waals surface area contributed by atoms with Crippen LogP contribution >= 0.6 is 0 Å². The number of alkyl halides is 3. The number of likely N-dealkylation sites (tertiary alicyclic amines) is 1. The first kappa shape index (κ1) is 40.0. The van der Waals surface area contributed by atoms with Gasteiger partial charge in [0.15, 0.2) is 0 Å². The lowest BCUT2D eigenvalue weighted by Gasteiger charge is -2.34. The van der Waals surface area contributed by atoms with Gasteiger partial charge < -0.3 is 21.1 Å². The fraction of sp³-hybridized carbons (Fsp3) is 0.389. The number of hydrogen-bond donors (Lipinski definition) is 6. The average Bonchev–Trinajstić information content (AvgIpc) is 3.62. The zero-order valence-electron chi connectivity index (χ0n) is 28.3. The molecule has 2 aliphatic rings. The van der Waals surface area contributed by atoms with Gasteiger partial charge in [-0.2, -0.15) is 31.0 Å². The molecule has 0 radical (unpaired) electrons. The van der Waals surface area contributed by atoms with Gasteiger partial charge in [0, 0.05) is 30.6 Å². The van der Waals surface area contributed by atoms with Gasteiger partial charge in [0.05, 0.1) is 0 Å². The molecule has 1 aliphatic heterocycles. The summed E-state index contributed by atoms with van der Waals surface area (Å²) < 4.78 is 64.6. The molecule has 16 heteroatoms. The minimum Gasteiger partial charge on any atom is -0.475 e. The van der Waals surface area contributed by atoms with Crippen LogP contribution in [0, 0.1) is 5.41 Å². The maximum absolute atomic E-state index is 14.6. The van der Waals surface area contributed by atoms with Gasteiger partial charge in [-0.25, -0.2) is 4.79 Å². The van der Waals surface area contributed by atoms with E-state index in [1.165, 1.54) is 4.90 Å². The van der Waals surface area contributed by atoms with E-state index in [2.05, 4.69) is 14.8 Å². The van der Waals surface area contributed by atoms with Crippen molar-refractivity contribution in [1.82, 2.24) is 19.7 Å². The molecule has 1 heterocycles. The predicted molar refractivity (Wildman–Crippen MR) is 188 cm³/mol. The van der Waals surface area contributed by atoms with Crippen molar-refractivity contribution >= 4 is 33.8 Å². The molecular weight excluding hydrogens is 701 g/mol. The van der Waals surface area contributed by atoms with Crippen LogP contribution in [0.4, 0.5) is 13.2 Å². The molecule has 7 N–H and O–H groups in total. The fourth-order valence-corrected chi connectivity index (χ4v) is 7.70. The van der Waals surface area contributed by atoms with Crippen LogP contribution in [-0.2, 0) is 31.1 Å². The second-order valence-electron chi connectivity index (χ2n) is 12.7. The second-order valence-corrected chi connectivity index (χ2v) is 14.2. The second kappa shape index (κ2) is 18.1. The normalized spacial score (nSPS) is 17.2. The molecule has 0 aromatic heterocycles. The third-order valence-corrected chi connectivity index (χ3v) is 10.1. The van der Waals surface area contributed by atoms with Gasteiger partial charge in [0.2, 0.25) is 11.8 Å². The standard InChI is InChI=1S/C34H42N6O4S.C2HF3O2/c35-32(36)27-20-18-24(19-21-27)23-37-33(41)29-17-10-22-40(29)34(42)31(39-45(43,44)38-28-15-8-3-9-16-28)30(25-11-4-1-5-12-25)26-13-6-2-7-14-26;3-2(4,5)1(6)7/h1-2,4-7,11-14,18-21,28-31,38-39H,3,8-10,15-17,22-23H2,(H3,35,36)(H,37,41);(H,6,7)/t29-,31+;/m0./s1. The van der Waals surface area contributed by atoms with Crippen molar-refractivity contribution in [3.8, 4) is 0 Å². The van der Waals surface area contributed by atoms with Crippen molar-refractivity contribution in [3.63, 3.8) is 0 Å². The van der Waals surface area contributed by atoms with Crippen LogP contribution in [-0.4, -0.2) is 72.9 Å². The molecule has 3 aromatic carbocycles. The summed E-state index contributed by atoms with van der Waals surface area (Å²) in [6.45, 7) is 0.586. The number of halogens is 3. The summed E-state index contributed by atoms with van der Waals surface area (Å²) in [7, 11) is -4.08. The lowest BCUT2D eigenvalue weighted by Crippen LogP contribution is -2.57. The summed E-state index contributed by atoms with van der Waals surface area (Å²) >= 11 is 0. The highest BCUT2D eigenvalue weighted by atomic mass is 32.2. The van der Waals surface area contributed by atoms with Crippen molar-refractivity contribution in [1.29, 1.82) is 5.41 Å². The Morgan fingerprint density at radius 2 is 1.40 bits per heavy atom. The van der Waals surface area contributed by atoms with E-state index in [0.717, 1.165) is 48.8 Å². The number of carbonyl (C=O) groups excluding carboxylic acids is 2. The molecule has 1 saturated carbocycles. The van der Waals surface area contributed by atoms with E-state index in [0.29, 0.717) is 24.9 Å². The average molecular weight is 745 g/mol. The zero-order valence-corrected chi connectivity index (χ0v) is 29.1. The number of amidine groups is 1. The number of hydrogen-bond acceptors (Lipinski definition) is 6. The van der Waals surface area contributed by atoms with Crippen molar-refractivity contribution in [2.45, 2.75) is 81.7 Å². The fourth-order valence-electron chi connectivity index (χ4n) is 6.39. The number of carboxylic acid groups (broad SMARTS) is 1. The van der Waals surface area contributed by atoms with Crippen molar-refractivity contribution in [2.24, 2.45) is 5.73 Å². The number of nitrogen functional groups attached to an aromatic ring is 1. The number of nitrogens with zero attached hydrogens (tertiary/aromatic N) is 1. The molecule has 1 saturated heterocycles. The Kier molecular flexibility index (Phi) is 13.9. The molecule has 1 aliphatic carbocycles. The number of nitrogens with two attached hydrogens (primary N) is 1. The lowest BCUT2D eigenvalue weighted by atomic mass is 9.84. The molecule has 2 atom stereocenters. The Morgan fingerprint density at radius 3 is 1.90 bits per heavy atom. The highest BCUT2D eigenvalue weighted by molar-refractivity contribution is 7.87. The van der Waals surface area contributed by atoms with E-state index in [1.807, 2.05) is 60.7 Å². The Labute approximate surface area is 300 Å². The SMILES string of the molecule is N=C(N)c1ccc(CNC(=O)[C@@H]2CCCN2C(=O)[C@H](NS(=O)(=O)NC2CCCCC2)C(c2ccccc2)c2ccccc2)cc1.O=C(O)C(F)(F)F. The molecule has 0 spiro atoms. The molecule has 12 nitrogen and oxygen atoms in total. The highest BCUT2D eigenvalue weighted by Crippen LogP contribution is 2.32. The number of rotatable bonds is 12. The first-order valence-electron chi connectivity index (χ1n) is 16.9. The molecule has 280 valence electrons. The van der Waals surface area contributed by atoms with Crippen LogP contribution < -0.4 is 20.5 Å². The molecular formula is C36H43F3N6O6S. The summed E-state index contributed by atoms with van der Waals surface area (Å²) in [6, 6.07) is 23.7. The van der Waals surface area contributed by atoms with E-state index in [9.17, 15) is 31.2 Å². The van der Waals surface area contributed by atoms with E-state index < -0.39 is 46.3 Å². The Hall–Kier alpha value is -4.80. The van der Waals surface area contributed by atoms with E-state index in [1.54, 1.807) is 24.3 Å². The molecule has 5 rings (SSSR count). The van der Waals surface area contributed by atoms with Gasteiger partial charge in [0.25, 0.3) is 10.2 Å². The Bertz CT molecular complexity index is 1730. The summed E-state index contributed by atoms with van der Waals surface area (Å²) in [5.74, 6) is -4.16. The Morgan fingerprint density at radius 1 is 0.865 bits per heavy atom. The van der Waals surface area contributed by atoms with Gasteiger partial charge in [-0.3, -0.25) is 15.0 Å². The number of nitrogens with one attached hydrogen (secondary N) is 4. The minimum atomic E-state index is -5.08. The minimum absolute atomic E-state index is 0.0332. The summed E-state index contributed by atoms with van der Waals surface area (Å²) in [4.78, 5) is 38.5. The molecule has 0 unspecified atom stereocenters. The first-order chi connectivity index (χ1) is 24.7. The summed E-state index contributed by atoms with van der Waals surface area (Å²) in [5, 5.41) is 17.6. The van der Waals surface area contributed by atoms with Gasteiger partial charge >= 0.3 is 12.1 Å². The quantitative estimate of drug-likeness (QED) is 0.118. The zero-order chi connectivity index (χ0) is 37.9. The largest absolute Gasteiger partial charge is 0.490 e. The maximum Gasteiger partial charge on any atom is 0.490 e. The highest BCUT2D eigenvalue weighted by Gasteiger charge is 2.43. The van der Waals surface area contributed by atoms with Gasteiger partial charge in [-0.15, -0.1) is 0 Å². The van der Waals surface area contributed by atoms with Crippen LogP contribution in [0.1, 0.15) is 73.1 Å². The summed E-state index contributed by atoms with van der Waals surface area (Å²) in [6.07, 6.45) is 0.521. The molecule has 52 heavy (non-hydrogen) atoms. The van der Waals surface area contributed by atoms with Gasteiger partial charge in [0.1, 0.15) is 17.9 Å². The topological polar surface area (TPSA) is 195 Å². The van der Waals surface area contributed by atoms with Crippen LogP contribution in [0.5, 0.6) is 0 Å². The van der Waals surface area contributed by atoms with Crippen molar-refractivity contribution in [3.05, 3.63) is 107 Å². The monoisotopic (exact) mass is 744 g/mol. The molecule has 0 bridgehead atoms. The van der Waals surface area contributed by atoms with Crippen LogP contribution in [0.25, 0.3) is 0 Å². The Balaban J connectivity index is 0.000000785. The number of aliphatic carboxylic acids is 1. The van der Waals surface area contributed by atoms with Gasteiger partial charge in [-0.1, -0.05) is 104 Å². The van der Waals surface area contributed by atoms with E-state index >= 15 is 0 Å². The van der Waals surface area contributed by atoms with Crippen LogP contribution in [0.2, 0.25) is 0 Å². The van der Waals surface area contributed by atoms with Gasteiger partial charge in [-0.05, 0) is 42.4 Å². The first-order valence-corrected chi connectivity index (χ1v) is 18.4. The smallest absolute Gasteiger partial charge is 0.475 e. The van der Waals surface area contributed by atoms with E-state index in [4.69, 9.17) is 21.0 Å². The third kappa shape index (κ3) is 11.4. The lowest BCUT2D eigenvalue weighted by molar-refractivity contribution is -0.192. The molecule has 2 fully saturated rings. The number of benzene rings is 3. The molecule has 2 amide bonds. The number of carboxylic acids is 1. The molecule has 3 aromatic rings. The summed E-state index contributed by atoms with van der Waals surface area (Å²) in [5.41, 5.74) is 8.55. The number of amides is 2. The third-order valence-electron chi connectivity index (χ3n) is 8.94. The van der Waals surface area contributed by atoms with Crippen molar-refractivity contribution in [2.75, 3.05) is 6.54 Å². The maximum atomic E-state index is 14.6.